The first kappa shape index (κ1) is 30.9. The lowest BCUT2D eigenvalue weighted by Gasteiger charge is -2.20. The Morgan fingerprint density at radius 3 is 2.06 bits per heavy atom. The predicted octanol–water partition coefficient (Wildman–Crippen LogP) is 12.3. The molecule has 0 saturated heterocycles. The van der Waals surface area contributed by atoms with Crippen LogP contribution in [-0.2, 0) is 6.42 Å². The molecule has 1 aromatic heterocycles. The third kappa shape index (κ3) is 5.93. The van der Waals surface area contributed by atoms with Crippen molar-refractivity contribution in [1.29, 1.82) is 0 Å². The Hall–Kier alpha value is -6.38. The topological polar surface area (TPSA) is 25.2 Å². The zero-order chi connectivity index (χ0) is 34.0. The van der Waals surface area contributed by atoms with E-state index in [9.17, 15) is 0 Å². The van der Waals surface area contributed by atoms with Crippen LogP contribution in [0, 0.1) is 6.92 Å². The number of benzene rings is 6. The highest BCUT2D eigenvalue weighted by Gasteiger charge is 2.19. The molecule has 0 bridgehead atoms. The fourth-order valence-corrected chi connectivity index (χ4v) is 6.88. The minimum atomic E-state index is 0.699. The molecule has 0 radical (unpaired) electrons. The molecule has 7 aromatic rings. The van der Waals surface area contributed by atoms with Crippen LogP contribution < -0.4 is 0 Å². The number of hydrogen-bond donors (Lipinski definition) is 0. The first-order chi connectivity index (χ1) is 24.5. The molecule has 0 spiro atoms. The molecule has 2 heterocycles. The second kappa shape index (κ2) is 13.3. The molecule has 50 heavy (non-hydrogen) atoms. The largest absolute Gasteiger partial charge is 0.252 e. The Morgan fingerprint density at radius 1 is 0.620 bits per heavy atom. The van der Waals surface area contributed by atoms with Gasteiger partial charge >= 0.3 is 0 Å². The van der Waals surface area contributed by atoms with Crippen molar-refractivity contribution < 1.29 is 0 Å². The van der Waals surface area contributed by atoms with Gasteiger partial charge in [0.2, 0.25) is 0 Å². The normalized spacial score (nSPS) is 13.6. The zero-order valence-corrected chi connectivity index (χ0v) is 28.1. The van der Waals surface area contributed by atoms with Crippen LogP contribution in [-0.4, -0.2) is 10.7 Å². The number of aromatic nitrogens is 1. The summed E-state index contributed by atoms with van der Waals surface area (Å²) in [6.07, 6.45) is 4.92. The maximum absolute atomic E-state index is 5.33. The summed E-state index contributed by atoms with van der Waals surface area (Å²) in [5.74, 6) is 0. The number of pyridine rings is 1. The summed E-state index contributed by atoms with van der Waals surface area (Å²) in [5, 5.41) is 1.12. The summed E-state index contributed by atoms with van der Waals surface area (Å²) < 4.78 is 0. The van der Waals surface area contributed by atoms with Gasteiger partial charge in [-0.05, 0) is 74.7 Å². The van der Waals surface area contributed by atoms with E-state index in [0.717, 1.165) is 78.1 Å². The lowest BCUT2D eigenvalue weighted by molar-refractivity contribution is 1.28. The number of para-hydroxylation sites is 1. The first-order valence-electron chi connectivity index (χ1n) is 17.0. The number of aryl methyl sites for hydroxylation is 1. The molecular weight excluding hydrogens is 605 g/mol. The van der Waals surface area contributed by atoms with Crippen molar-refractivity contribution in [3.63, 3.8) is 0 Å². The Labute approximate surface area is 294 Å². The highest BCUT2D eigenvalue weighted by molar-refractivity contribution is 6.06. The van der Waals surface area contributed by atoms with Gasteiger partial charge in [-0.25, -0.2) is 4.98 Å². The second-order valence-corrected chi connectivity index (χ2v) is 12.8. The summed E-state index contributed by atoms with van der Waals surface area (Å²) in [5.41, 5.74) is 17.2. The molecule has 2 heteroatoms. The van der Waals surface area contributed by atoms with Crippen LogP contribution in [0.5, 0.6) is 0 Å². The van der Waals surface area contributed by atoms with Crippen molar-refractivity contribution >= 4 is 39.5 Å². The number of aliphatic imine (C=N–C) groups is 1. The summed E-state index contributed by atoms with van der Waals surface area (Å²) >= 11 is 0. The smallest absolute Gasteiger partial charge is 0.0744 e. The predicted molar refractivity (Wildman–Crippen MR) is 213 cm³/mol. The number of nitrogens with zero attached hydrogens (tertiary/aromatic N) is 2. The summed E-state index contributed by atoms with van der Waals surface area (Å²) in [7, 11) is 0. The fourth-order valence-electron chi connectivity index (χ4n) is 6.88. The Balaban J connectivity index is 1.15. The van der Waals surface area contributed by atoms with E-state index in [0.29, 0.717) is 6.42 Å². The van der Waals surface area contributed by atoms with Crippen LogP contribution in [0.2, 0.25) is 0 Å². The Bertz CT molecular complexity index is 2480. The van der Waals surface area contributed by atoms with Gasteiger partial charge in [0.25, 0.3) is 0 Å². The molecule has 0 atom stereocenters. The maximum Gasteiger partial charge on any atom is 0.0744 e. The molecule has 0 amide bonds. The van der Waals surface area contributed by atoms with Crippen molar-refractivity contribution in [2.75, 3.05) is 0 Å². The molecule has 1 aliphatic rings. The lowest BCUT2D eigenvalue weighted by Crippen LogP contribution is -2.08. The minimum Gasteiger partial charge on any atom is -0.252 e. The standard InChI is InChI=1S/C48H36N2/c1-32(35-13-5-4-6-14-35)21-22-36-23-28-39-29-30-45(50-48(39)33(36)2)37-24-26-38(27-25-37)47-31-40-15-7-8-18-43(40)44-19-10-9-16-41(44)34(3)42-17-11-12-20-46(42)49-47/h4-30H,1,3,31H2,2H3/b22-21-,49-47+. The van der Waals surface area contributed by atoms with E-state index in [1.165, 1.54) is 16.7 Å². The van der Waals surface area contributed by atoms with Gasteiger partial charge in [-0.3, -0.25) is 4.99 Å². The van der Waals surface area contributed by atoms with Gasteiger partial charge in [0, 0.05) is 22.9 Å². The molecule has 0 unspecified atom stereocenters. The molecule has 238 valence electrons. The van der Waals surface area contributed by atoms with Gasteiger partial charge in [-0.1, -0.05) is 165 Å². The van der Waals surface area contributed by atoms with Crippen molar-refractivity contribution in [1.82, 2.24) is 4.98 Å². The summed E-state index contributed by atoms with van der Waals surface area (Å²) in [6.45, 7) is 11.0. The molecule has 0 N–H and O–H groups in total. The Kier molecular flexibility index (Phi) is 8.20. The third-order valence-corrected chi connectivity index (χ3v) is 9.68. The van der Waals surface area contributed by atoms with Crippen LogP contribution in [0.25, 0.3) is 50.5 Å². The van der Waals surface area contributed by atoms with Gasteiger partial charge in [0.1, 0.15) is 0 Å². The monoisotopic (exact) mass is 640 g/mol. The van der Waals surface area contributed by atoms with E-state index >= 15 is 0 Å². The molecule has 2 nitrogen and oxygen atoms in total. The van der Waals surface area contributed by atoms with E-state index in [4.69, 9.17) is 9.98 Å². The van der Waals surface area contributed by atoms with E-state index < -0.39 is 0 Å². The molecule has 8 rings (SSSR count). The van der Waals surface area contributed by atoms with E-state index in [1.807, 2.05) is 18.2 Å². The molecule has 0 saturated carbocycles. The van der Waals surface area contributed by atoms with Crippen LogP contribution in [0.1, 0.15) is 38.9 Å². The van der Waals surface area contributed by atoms with Gasteiger partial charge in [0.15, 0.2) is 0 Å². The van der Waals surface area contributed by atoms with Gasteiger partial charge < -0.3 is 0 Å². The maximum atomic E-state index is 5.33. The highest BCUT2D eigenvalue weighted by Crippen LogP contribution is 2.39. The molecule has 0 aliphatic carbocycles. The van der Waals surface area contributed by atoms with Crippen LogP contribution >= 0.6 is 0 Å². The van der Waals surface area contributed by atoms with Crippen LogP contribution in [0.4, 0.5) is 5.69 Å². The van der Waals surface area contributed by atoms with Crippen molar-refractivity contribution in [3.05, 3.63) is 210 Å². The molecule has 0 fully saturated rings. The van der Waals surface area contributed by atoms with Crippen molar-refractivity contribution in [3.8, 4) is 22.4 Å². The van der Waals surface area contributed by atoms with Gasteiger partial charge in [0.05, 0.1) is 22.6 Å². The summed E-state index contributed by atoms with van der Waals surface area (Å²) in [6, 6.07) is 53.1. The number of fused-ring (bicyclic) bond motifs is 5. The van der Waals surface area contributed by atoms with Crippen molar-refractivity contribution in [2.24, 2.45) is 4.99 Å². The number of hydrogen-bond acceptors (Lipinski definition) is 2. The fraction of sp³-hybridized carbons (Fsp3) is 0.0417. The average molecular weight is 641 g/mol. The molecule has 1 aliphatic heterocycles. The molecule has 6 aromatic carbocycles. The first-order valence-corrected chi connectivity index (χ1v) is 17.0. The average Bonchev–Trinajstić information content (AvgIpc) is 3.17. The number of rotatable bonds is 5. The van der Waals surface area contributed by atoms with E-state index in [-0.39, 0.29) is 0 Å². The van der Waals surface area contributed by atoms with Crippen LogP contribution in [0.15, 0.2) is 176 Å². The van der Waals surface area contributed by atoms with E-state index in [2.05, 4.69) is 166 Å². The van der Waals surface area contributed by atoms with Gasteiger partial charge in [-0.2, -0.15) is 0 Å². The van der Waals surface area contributed by atoms with Crippen LogP contribution in [0.3, 0.4) is 0 Å². The third-order valence-electron chi connectivity index (χ3n) is 9.68. The highest BCUT2D eigenvalue weighted by atomic mass is 14.8. The lowest BCUT2D eigenvalue weighted by atomic mass is 9.86. The number of allylic oxidation sites excluding steroid dienone is 2. The van der Waals surface area contributed by atoms with E-state index in [1.54, 1.807) is 0 Å². The zero-order valence-electron chi connectivity index (χ0n) is 28.1. The minimum absolute atomic E-state index is 0.699. The van der Waals surface area contributed by atoms with Crippen molar-refractivity contribution in [2.45, 2.75) is 13.3 Å². The Morgan fingerprint density at radius 2 is 1.26 bits per heavy atom. The quantitative estimate of drug-likeness (QED) is 0.172. The SMILES string of the molecule is C=C(/C=C\c1ccc2ccc(-c3ccc(/C4=N/c5ccccc5C(=C)c5ccccc5-c5ccccc5C4)cc3)nc2c1C)c1ccccc1. The summed E-state index contributed by atoms with van der Waals surface area (Å²) in [4.78, 5) is 10.5. The molecular formula is C48H36N2. The van der Waals surface area contributed by atoms with Gasteiger partial charge in [-0.15, -0.1) is 0 Å². The second-order valence-electron chi connectivity index (χ2n) is 12.8.